The van der Waals surface area contributed by atoms with E-state index in [1.54, 1.807) is 0 Å². The maximum Gasteiger partial charge on any atom is 0.262 e. The summed E-state index contributed by atoms with van der Waals surface area (Å²) in [6.07, 6.45) is 0. The largest absolute Gasteiger partial charge is 0.483 e. The van der Waals surface area contributed by atoms with Gasteiger partial charge in [-0.1, -0.05) is 64.5 Å². The van der Waals surface area contributed by atoms with Gasteiger partial charge < -0.3 is 10.1 Å². The first kappa shape index (κ1) is 18.2. The number of amides is 1. The van der Waals surface area contributed by atoms with Gasteiger partial charge in [-0.25, -0.2) is 4.98 Å². The van der Waals surface area contributed by atoms with Gasteiger partial charge in [0.15, 0.2) is 6.61 Å². The van der Waals surface area contributed by atoms with Gasteiger partial charge in [0.25, 0.3) is 5.91 Å². The van der Waals surface area contributed by atoms with E-state index in [2.05, 4.69) is 21.2 Å². The summed E-state index contributed by atoms with van der Waals surface area (Å²) in [5.74, 6) is 0.411. The van der Waals surface area contributed by atoms with Gasteiger partial charge in [-0.05, 0) is 30.3 Å². The van der Waals surface area contributed by atoms with Gasteiger partial charge in [0, 0.05) is 27.2 Å². The van der Waals surface area contributed by atoms with Crippen molar-refractivity contribution in [3.05, 3.63) is 89.4 Å². The number of aromatic nitrogens is 1. The Balaban J connectivity index is 1.58. The van der Waals surface area contributed by atoms with Crippen LogP contribution in [0.3, 0.4) is 0 Å². The summed E-state index contributed by atoms with van der Waals surface area (Å²) >= 11 is 3.40. The fourth-order valence-corrected chi connectivity index (χ4v) is 3.33. The fourth-order valence-electron chi connectivity index (χ4n) is 2.93. The first-order valence-corrected chi connectivity index (χ1v) is 9.62. The predicted molar refractivity (Wildman–Crippen MR) is 115 cm³/mol. The molecule has 138 valence electrons. The van der Waals surface area contributed by atoms with Crippen LogP contribution >= 0.6 is 15.9 Å². The zero-order valence-electron chi connectivity index (χ0n) is 14.9. The Morgan fingerprint density at radius 2 is 1.71 bits per heavy atom. The van der Waals surface area contributed by atoms with Crippen molar-refractivity contribution in [2.75, 3.05) is 11.9 Å². The zero-order valence-corrected chi connectivity index (χ0v) is 16.5. The highest BCUT2D eigenvalue weighted by Gasteiger charge is 2.11. The molecule has 0 saturated heterocycles. The van der Waals surface area contributed by atoms with Crippen LogP contribution in [0.15, 0.2) is 89.4 Å². The molecule has 4 aromatic rings. The number of hydrogen-bond donors (Lipinski definition) is 1. The summed E-state index contributed by atoms with van der Waals surface area (Å²) in [7, 11) is 0. The highest BCUT2D eigenvalue weighted by Crippen LogP contribution is 2.30. The molecule has 0 unspecified atom stereocenters. The second-order valence-electron chi connectivity index (χ2n) is 6.24. The monoisotopic (exact) mass is 432 g/mol. The molecule has 1 heterocycles. The van der Waals surface area contributed by atoms with E-state index in [1.165, 1.54) is 0 Å². The molecule has 0 atom stereocenters. The molecule has 4 rings (SSSR count). The van der Waals surface area contributed by atoms with Crippen molar-refractivity contribution < 1.29 is 9.53 Å². The molecule has 0 aliphatic carbocycles. The zero-order chi connectivity index (χ0) is 19.3. The number of benzene rings is 3. The molecule has 0 bridgehead atoms. The lowest BCUT2D eigenvalue weighted by Crippen LogP contribution is -2.20. The number of halogens is 1. The maximum absolute atomic E-state index is 12.3. The fraction of sp³-hybridized carbons (Fsp3) is 0.0435. The third-order valence-corrected chi connectivity index (χ3v) is 4.71. The van der Waals surface area contributed by atoms with Gasteiger partial charge in [0.05, 0.1) is 11.2 Å². The highest BCUT2D eigenvalue weighted by atomic mass is 79.9. The Labute approximate surface area is 171 Å². The summed E-state index contributed by atoms with van der Waals surface area (Å²) in [5, 5.41) is 3.71. The van der Waals surface area contributed by atoms with E-state index in [-0.39, 0.29) is 12.5 Å². The molecule has 0 aliphatic rings. The van der Waals surface area contributed by atoms with E-state index < -0.39 is 0 Å². The van der Waals surface area contributed by atoms with Crippen LogP contribution in [0, 0.1) is 0 Å². The minimum Gasteiger partial charge on any atom is -0.483 e. The van der Waals surface area contributed by atoms with Gasteiger partial charge in [-0.3, -0.25) is 4.79 Å². The standard InChI is InChI=1S/C23H17BrN2O2/c24-17-9-6-10-18(13-17)25-23(27)15-28-22-14-21(16-7-2-1-3-8-16)26-20-12-5-4-11-19(20)22/h1-14H,15H2,(H,25,27). The topological polar surface area (TPSA) is 51.2 Å². The smallest absolute Gasteiger partial charge is 0.262 e. The Kier molecular flexibility index (Phi) is 5.35. The van der Waals surface area contributed by atoms with Crippen molar-refractivity contribution in [2.24, 2.45) is 0 Å². The average Bonchev–Trinajstić information content (AvgIpc) is 2.72. The van der Waals surface area contributed by atoms with Crippen LogP contribution in [0.5, 0.6) is 5.75 Å². The van der Waals surface area contributed by atoms with Crippen LogP contribution < -0.4 is 10.1 Å². The van der Waals surface area contributed by atoms with Crippen molar-refractivity contribution in [1.82, 2.24) is 4.98 Å². The molecule has 1 N–H and O–H groups in total. The second-order valence-corrected chi connectivity index (χ2v) is 7.15. The summed E-state index contributed by atoms with van der Waals surface area (Å²) in [6, 6.07) is 27.0. The summed E-state index contributed by atoms with van der Waals surface area (Å²) < 4.78 is 6.78. The molecule has 5 heteroatoms. The van der Waals surface area contributed by atoms with E-state index >= 15 is 0 Å². The van der Waals surface area contributed by atoms with Crippen LogP contribution in [0.25, 0.3) is 22.2 Å². The molecule has 1 amide bonds. The number of nitrogens with zero attached hydrogens (tertiary/aromatic N) is 1. The van der Waals surface area contributed by atoms with Crippen LogP contribution in [-0.4, -0.2) is 17.5 Å². The lowest BCUT2D eigenvalue weighted by atomic mass is 10.1. The molecule has 4 nitrogen and oxygen atoms in total. The lowest BCUT2D eigenvalue weighted by molar-refractivity contribution is -0.118. The molecule has 3 aromatic carbocycles. The highest BCUT2D eigenvalue weighted by molar-refractivity contribution is 9.10. The number of rotatable bonds is 5. The van der Waals surface area contributed by atoms with E-state index in [9.17, 15) is 4.79 Å². The third kappa shape index (κ3) is 4.21. The number of para-hydroxylation sites is 1. The predicted octanol–water partition coefficient (Wildman–Crippen LogP) is 5.68. The molecule has 0 fully saturated rings. The number of carbonyl (C=O) groups is 1. The Morgan fingerprint density at radius 1 is 0.929 bits per heavy atom. The van der Waals surface area contributed by atoms with E-state index in [4.69, 9.17) is 9.72 Å². The van der Waals surface area contributed by atoms with Crippen LogP contribution in [-0.2, 0) is 4.79 Å². The summed E-state index contributed by atoms with van der Waals surface area (Å²) in [4.78, 5) is 17.0. The Hall–Kier alpha value is -3.18. The molecule has 28 heavy (non-hydrogen) atoms. The summed E-state index contributed by atoms with van der Waals surface area (Å²) in [6.45, 7) is -0.0885. The minimum atomic E-state index is -0.222. The molecule has 0 radical (unpaired) electrons. The summed E-state index contributed by atoms with van der Waals surface area (Å²) in [5.41, 5.74) is 3.34. The minimum absolute atomic E-state index is 0.0885. The van der Waals surface area contributed by atoms with Crippen molar-refractivity contribution in [3.8, 4) is 17.0 Å². The number of fused-ring (bicyclic) bond motifs is 1. The first-order chi connectivity index (χ1) is 13.7. The van der Waals surface area contributed by atoms with Gasteiger partial charge in [0.1, 0.15) is 5.75 Å². The number of ether oxygens (including phenoxy) is 1. The van der Waals surface area contributed by atoms with Gasteiger partial charge in [0.2, 0.25) is 0 Å². The van der Waals surface area contributed by atoms with Crippen molar-refractivity contribution in [2.45, 2.75) is 0 Å². The number of anilines is 1. The number of carbonyl (C=O) groups excluding carboxylic acids is 1. The van der Waals surface area contributed by atoms with Crippen LogP contribution in [0.4, 0.5) is 5.69 Å². The average molecular weight is 433 g/mol. The van der Waals surface area contributed by atoms with Crippen molar-refractivity contribution in [3.63, 3.8) is 0 Å². The van der Waals surface area contributed by atoms with Crippen LogP contribution in [0.2, 0.25) is 0 Å². The van der Waals surface area contributed by atoms with Gasteiger partial charge in [-0.2, -0.15) is 0 Å². The van der Waals surface area contributed by atoms with Crippen molar-refractivity contribution >= 4 is 38.4 Å². The maximum atomic E-state index is 12.3. The van der Waals surface area contributed by atoms with E-state index in [0.717, 1.165) is 26.6 Å². The third-order valence-electron chi connectivity index (χ3n) is 4.21. The Morgan fingerprint density at radius 3 is 2.54 bits per heavy atom. The number of pyridine rings is 1. The number of hydrogen-bond acceptors (Lipinski definition) is 3. The van der Waals surface area contributed by atoms with Crippen molar-refractivity contribution in [1.29, 1.82) is 0 Å². The molecule has 0 spiro atoms. The quantitative estimate of drug-likeness (QED) is 0.441. The van der Waals surface area contributed by atoms with Crippen LogP contribution in [0.1, 0.15) is 0 Å². The molecule has 0 saturated carbocycles. The van der Waals surface area contributed by atoms with Gasteiger partial charge in [-0.15, -0.1) is 0 Å². The Bertz CT molecular complexity index is 1130. The van der Waals surface area contributed by atoms with E-state index in [0.29, 0.717) is 11.4 Å². The molecule has 1 aromatic heterocycles. The second kappa shape index (κ2) is 8.23. The first-order valence-electron chi connectivity index (χ1n) is 8.82. The van der Waals surface area contributed by atoms with E-state index in [1.807, 2.05) is 84.9 Å². The SMILES string of the molecule is O=C(COc1cc(-c2ccccc2)nc2ccccc12)Nc1cccc(Br)c1. The molecule has 0 aliphatic heterocycles. The molecular weight excluding hydrogens is 416 g/mol. The lowest BCUT2D eigenvalue weighted by Gasteiger charge is -2.12. The van der Waals surface area contributed by atoms with Gasteiger partial charge >= 0.3 is 0 Å². The normalized spacial score (nSPS) is 10.6. The number of nitrogens with one attached hydrogen (secondary N) is 1. The molecular formula is C23H17BrN2O2.